The summed E-state index contributed by atoms with van der Waals surface area (Å²) >= 11 is 0. The van der Waals surface area contributed by atoms with E-state index >= 15 is 0 Å². The van der Waals surface area contributed by atoms with E-state index < -0.39 is 0 Å². The number of rotatable bonds is 4. The second-order valence-corrected chi connectivity index (χ2v) is 5.05. The Morgan fingerprint density at radius 1 is 1.17 bits per heavy atom. The van der Waals surface area contributed by atoms with E-state index in [1.807, 2.05) is 19.1 Å². The fourth-order valence-electron chi connectivity index (χ4n) is 2.08. The van der Waals surface area contributed by atoms with Crippen LogP contribution in [0.25, 0.3) is 11.4 Å². The normalized spacial score (nSPS) is 10.2. The second-order valence-electron chi connectivity index (χ2n) is 5.05. The van der Waals surface area contributed by atoms with Gasteiger partial charge in [-0.05, 0) is 30.7 Å². The summed E-state index contributed by atoms with van der Waals surface area (Å²) in [4.78, 5) is 16.6. The molecule has 0 spiro atoms. The summed E-state index contributed by atoms with van der Waals surface area (Å²) in [5.74, 6) is 0.134. The van der Waals surface area contributed by atoms with Crippen molar-refractivity contribution in [1.82, 2.24) is 19.9 Å². The van der Waals surface area contributed by atoms with Crippen LogP contribution in [0.2, 0.25) is 0 Å². The van der Waals surface area contributed by atoms with Gasteiger partial charge in [-0.25, -0.2) is 4.98 Å². The third-order valence-corrected chi connectivity index (χ3v) is 3.24. The van der Waals surface area contributed by atoms with Crippen molar-refractivity contribution in [3.63, 3.8) is 0 Å². The lowest BCUT2D eigenvalue weighted by molar-refractivity contribution is 0.288. The number of hydrogen-bond acceptors (Lipinski definition) is 7. The number of nitrogens with two attached hydrogens (primary N) is 1. The second kappa shape index (κ2) is 6.71. The van der Waals surface area contributed by atoms with Gasteiger partial charge in [-0.2, -0.15) is 10.2 Å². The van der Waals surface area contributed by atoms with Crippen molar-refractivity contribution in [1.29, 1.82) is 5.26 Å². The molecule has 0 aliphatic rings. The molecule has 0 fully saturated rings. The highest BCUT2D eigenvalue weighted by Crippen LogP contribution is 2.27. The topological polar surface area (TPSA) is 111 Å². The Bertz CT molecular complexity index is 887. The van der Waals surface area contributed by atoms with E-state index in [1.165, 1.54) is 0 Å². The van der Waals surface area contributed by atoms with Crippen LogP contribution < -0.4 is 10.5 Å². The lowest BCUT2D eigenvalue weighted by Gasteiger charge is -2.10. The van der Waals surface area contributed by atoms with Crippen molar-refractivity contribution in [2.24, 2.45) is 0 Å². The molecule has 0 unspecified atom stereocenters. The summed E-state index contributed by atoms with van der Waals surface area (Å²) in [6.45, 7) is 2.13. The van der Waals surface area contributed by atoms with Crippen molar-refractivity contribution in [3.8, 4) is 23.3 Å². The molecule has 2 N–H and O–H groups in total. The average Bonchev–Trinajstić information content (AvgIpc) is 2.61. The Morgan fingerprint density at radius 2 is 2.04 bits per heavy atom. The zero-order valence-electron chi connectivity index (χ0n) is 13.0. The molecule has 0 aliphatic carbocycles. The Kier molecular flexibility index (Phi) is 4.29. The predicted molar refractivity (Wildman–Crippen MR) is 87.7 cm³/mol. The smallest absolute Gasteiger partial charge is 0.237 e. The number of pyridine rings is 2. The van der Waals surface area contributed by atoms with E-state index in [0.717, 1.165) is 11.3 Å². The van der Waals surface area contributed by atoms with Gasteiger partial charge >= 0.3 is 0 Å². The minimum Gasteiger partial charge on any atom is -0.470 e. The fourth-order valence-corrected chi connectivity index (χ4v) is 2.08. The molecule has 0 radical (unpaired) electrons. The summed E-state index contributed by atoms with van der Waals surface area (Å²) in [6, 6.07) is 11.2. The molecule has 0 aliphatic heterocycles. The molecule has 118 valence electrons. The Hall–Kier alpha value is -3.53. The number of aromatic nitrogens is 4. The SMILES string of the molecule is Cc1ccc(COc2nc(N)nc(-c3ccccn3)c2C#N)nc1. The zero-order valence-corrected chi connectivity index (χ0v) is 13.0. The molecular formula is C17H14N6O. The third kappa shape index (κ3) is 3.28. The van der Waals surface area contributed by atoms with Gasteiger partial charge < -0.3 is 10.5 Å². The van der Waals surface area contributed by atoms with Gasteiger partial charge in [0.15, 0.2) is 0 Å². The van der Waals surface area contributed by atoms with Crippen molar-refractivity contribution >= 4 is 5.95 Å². The van der Waals surface area contributed by atoms with E-state index in [0.29, 0.717) is 11.4 Å². The van der Waals surface area contributed by atoms with Gasteiger partial charge in [0.2, 0.25) is 11.8 Å². The molecule has 7 nitrogen and oxygen atoms in total. The molecule has 0 saturated heterocycles. The van der Waals surface area contributed by atoms with Gasteiger partial charge in [0, 0.05) is 12.4 Å². The largest absolute Gasteiger partial charge is 0.470 e. The highest BCUT2D eigenvalue weighted by atomic mass is 16.5. The molecule has 0 atom stereocenters. The Morgan fingerprint density at radius 3 is 2.71 bits per heavy atom. The number of ether oxygens (including phenoxy) is 1. The molecule has 0 saturated carbocycles. The monoisotopic (exact) mass is 318 g/mol. The van der Waals surface area contributed by atoms with Crippen LogP contribution in [0.4, 0.5) is 5.95 Å². The number of hydrogen-bond donors (Lipinski definition) is 1. The number of nitrogens with zero attached hydrogens (tertiary/aromatic N) is 5. The summed E-state index contributed by atoms with van der Waals surface area (Å²) in [5, 5.41) is 9.49. The molecule has 3 rings (SSSR count). The van der Waals surface area contributed by atoms with Crippen LogP contribution in [0.5, 0.6) is 5.88 Å². The number of anilines is 1. The minimum atomic E-state index is 0.0153. The molecule has 3 heterocycles. The maximum atomic E-state index is 9.49. The van der Waals surface area contributed by atoms with Gasteiger partial charge in [0.25, 0.3) is 0 Å². The summed E-state index contributed by atoms with van der Waals surface area (Å²) in [7, 11) is 0. The molecule has 0 aromatic carbocycles. The summed E-state index contributed by atoms with van der Waals surface area (Å²) in [6.07, 6.45) is 3.36. The summed E-state index contributed by atoms with van der Waals surface area (Å²) < 4.78 is 5.65. The Balaban J connectivity index is 1.94. The molecule has 7 heteroatoms. The molecule has 0 amide bonds. The maximum absolute atomic E-state index is 9.49. The van der Waals surface area contributed by atoms with Crippen molar-refractivity contribution in [2.75, 3.05) is 5.73 Å². The first-order valence-corrected chi connectivity index (χ1v) is 7.20. The molecule has 24 heavy (non-hydrogen) atoms. The van der Waals surface area contributed by atoms with Crippen LogP contribution in [-0.2, 0) is 6.61 Å². The first-order chi connectivity index (χ1) is 11.7. The van der Waals surface area contributed by atoms with Crippen LogP contribution in [-0.4, -0.2) is 19.9 Å². The van der Waals surface area contributed by atoms with E-state index in [9.17, 15) is 5.26 Å². The van der Waals surface area contributed by atoms with Crippen LogP contribution in [0, 0.1) is 18.3 Å². The van der Waals surface area contributed by atoms with E-state index in [1.54, 1.807) is 30.6 Å². The fraction of sp³-hybridized carbons (Fsp3) is 0.118. The van der Waals surface area contributed by atoms with E-state index in [-0.39, 0.29) is 24.0 Å². The van der Waals surface area contributed by atoms with E-state index in [2.05, 4.69) is 26.0 Å². The van der Waals surface area contributed by atoms with Gasteiger partial charge in [-0.3, -0.25) is 9.97 Å². The average molecular weight is 318 g/mol. The predicted octanol–water partition coefficient (Wildman–Crippen LogP) is 2.27. The zero-order chi connectivity index (χ0) is 16.9. The highest BCUT2D eigenvalue weighted by Gasteiger charge is 2.17. The molecule has 3 aromatic rings. The number of nitriles is 1. The lowest BCUT2D eigenvalue weighted by Crippen LogP contribution is -2.07. The quantitative estimate of drug-likeness (QED) is 0.785. The van der Waals surface area contributed by atoms with E-state index in [4.69, 9.17) is 10.5 Å². The van der Waals surface area contributed by atoms with Crippen LogP contribution in [0.15, 0.2) is 42.7 Å². The third-order valence-electron chi connectivity index (χ3n) is 3.24. The molecular weight excluding hydrogens is 304 g/mol. The highest BCUT2D eigenvalue weighted by molar-refractivity contribution is 5.67. The Labute approximate surface area is 138 Å². The number of nitrogen functional groups attached to an aromatic ring is 1. The maximum Gasteiger partial charge on any atom is 0.237 e. The first kappa shape index (κ1) is 15.4. The van der Waals surface area contributed by atoms with Crippen LogP contribution >= 0.6 is 0 Å². The summed E-state index contributed by atoms with van der Waals surface area (Å²) in [5.41, 5.74) is 8.60. The van der Waals surface area contributed by atoms with Crippen molar-refractivity contribution in [3.05, 3.63) is 59.5 Å². The van der Waals surface area contributed by atoms with Gasteiger partial charge in [-0.1, -0.05) is 12.1 Å². The van der Waals surface area contributed by atoms with Crippen molar-refractivity contribution < 1.29 is 4.74 Å². The standard InChI is InChI=1S/C17H14N6O/c1-11-5-6-12(21-9-11)10-24-16-13(8-18)15(22-17(19)23-16)14-4-2-3-7-20-14/h2-7,9H,10H2,1H3,(H2,19,22,23). The lowest BCUT2D eigenvalue weighted by atomic mass is 10.1. The van der Waals surface area contributed by atoms with Crippen molar-refractivity contribution in [2.45, 2.75) is 13.5 Å². The van der Waals surface area contributed by atoms with Gasteiger partial charge in [0.1, 0.15) is 23.9 Å². The minimum absolute atomic E-state index is 0.0153. The van der Waals surface area contributed by atoms with Crippen LogP contribution in [0.3, 0.4) is 0 Å². The van der Waals surface area contributed by atoms with Gasteiger partial charge in [0.05, 0.1) is 11.4 Å². The first-order valence-electron chi connectivity index (χ1n) is 7.20. The molecule has 3 aromatic heterocycles. The van der Waals surface area contributed by atoms with Crippen LogP contribution in [0.1, 0.15) is 16.8 Å². The molecule has 0 bridgehead atoms. The van der Waals surface area contributed by atoms with Gasteiger partial charge in [-0.15, -0.1) is 0 Å². The number of aryl methyl sites for hydroxylation is 1.